The molecule has 1 aromatic rings. The van der Waals surface area contributed by atoms with E-state index in [9.17, 15) is 9.59 Å². The summed E-state index contributed by atoms with van der Waals surface area (Å²) in [7, 11) is 0. The SMILES string of the molecule is CCCN(CCC)C(=O)CCC(=O)Nc1cc(Br)cc(C)c1N.Cl. The number of amides is 2. The van der Waals surface area contributed by atoms with E-state index in [0.29, 0.717) is 11.4 Å². The van der Waals surface area contributed by atoms with Crippen LogP contribution in [0.3, 0.4) is 0 Å². The van der Waals surface area contributed by atoms with Crippen LogP contribution in [0, 0.1) is 6.92 Å². The van der Waals surface area contributed by atoms with Crippen molar-refractivity contribution in [3.05, 3.63) is 22.2 Å². The second-order valence-corrected chi connectivity index (χ2v) is 6.53. The van der Waals surface area contributed by atoms with E-state index in [2.05, 4.69) is 21.2 Å². The number of rotatable bonds is 8. The van der Waals surface area contributed by atoms with Crippen LogP contribution in [0.25, 0.3) is 0 Å². The monoisotopic (exact) mass is 419 g/mol. The Hall–Kier alpha value is -1.27. The molecule has 7 heteroatoms. The summed E-state index contributed by atoms with van der Waals surface area (Å²) in [6, 6.07) is 3.66. The Morgan fingerprint density at radius 3 is 2.29 bits per heavy atom. The largest absolute Gasteiger partial charge is 0.397 e. The molecule has 0 atom stereocenters. The van der Waals surface area contributed by atoms with Crippen LogP contribution in [0.1, 0.15) is 45.1 Å². The topological polar surface area (TPSA) is 75.4 Å². The number of nitrogens with zero attached hydrogens (tertiary/aromatic N) is 1. The van der Waals surface area contributed by atoms with Crippen molar-refractivity contribution in [3.8, 4) is 0 Å². The van der Waals surface area contributed by atoms with Crippen molar-refractivity contribution in [1.82, 2.24) is 4.90 Å². The highest BCUT2D eigenvalue weighted by atomic mass is 79.9. The van der Waals surface area contributed by atoms with Crippen LogP contribution in [-0.2, 0) is 9.59 Å². The molecule has 2 amide bonds. The van der Waals surface area contributed by atoms with Crippen molar-refractivity contribution in [2.75, 3.05) is 24.1 Å². The maximum atomic E-state index is 12.2. The molecule has 0 fully saturated rings. The lowest BCUT2D eigenvalue weighted by molar-refractivity contribution is -0.132. The molecule has 1 rings (SSSR count). The standard InChI is InChI=1S/C17H26BrN3O2.ClH/c1-4-8-21(9-5-2)16(23)7-6-15(22)20-14-11-13(18)10-12(3)17(14)19;/h10-11H,4-9,19H2,1-3H3,(H,20,22);1H. The van der Waals surface area contributed by atoms with Crippen LogP contribution in [0.4, 0.5) is 11.4 Å². The van der Waals surface area contributed by atoms with Crippen LogP contribution < -0.4 is 11.1 Å². The van der Waals surface area contributed by atoms with Crippen molar-refractivity contribution in [1.29, 1.82) is 0 Å². The Morgan fingerprint density at radius 2 is 1.75 bits per heavy atom. The van der Waals surface area contributed by atoms with Crippen LogP contribution in [0.2, 0.25) is 0 Å². The van der Waals surface area contributed by atoms with Gasteiger partial charge in [0.15, 0.2) is 0 Å². The fourth-order valence-electron chi connectivity index (χ4n) is 2.35. The van der Waals surface area contributed by atoms with Crippen LogP contribution in [-0.4, -0.2) is 29.8 Å². The predicted molar refractivity (Wildman–Crippen MR) is 106 cm³/mol. The fraction of sp³-hybridized carbons (Fsp3) is 0.529. The first-order valence-electron chi connectivity index (χ1n) is 8.02. The molecular weight excluding hydrogens is 394 g/mol. The molecule has 24 heavy (non-hydrogen) atoms. The molecule has 3 N–H and O–H groups in total. The maximum absolute atomic E-state index is 12.2. The summed E-state index contributed by atoms with van der Waals surface area (Å²) >= 11 is 3.39. The maximum Gasteiger partial charge on any atom is 0.224 e. The van der Waals surface area contributed by atoms with Crippen molar-refractivity contribution < 1.29 is 9.59 Å². The van der Waals surface area contributed by atoms with Gasteiger partial charge in [-0.3, -0.25) is 9.59 Å². The van der Waals surface area contributed by atoms with Gasteiger partial charge in [0.2, 0.25) is 11.8 Å². The van der Waals surface area contributed by atoms with E-state index in [4.69, 9.17) is 5.73 Å². The van der Waals surface area contributed by atoms with Crippen molar-refractivity contribution in [3.63, 3.8) is 0 Å². The molecule has 5 nitrogen and oxygen atoms in total. The molecule has 0 bridgehead atoms. The molecule has 0 radical (unpaired) electrons. The number of hydrogen-bond acceptors (Lipinski definition) is 3. The number of nitrogen functional groups attached to an aromatic ring is 1. The van der Waals surface area contributed by atoms with Gasteiger partial charge in [0.25, 0.3) is 0 Å². The van der Waals surface area contributed by atoms with Gasteiger partial charge in [0.1, 0.15) is 0 Å². The summed E-state index contributed by atoms with van der Waals surface area (Å²) in [4.78, 5) is 26.1. The molecule has 0 aliphatic rings. The number of hydrogen-bond donors (Lipinski definition) is 2. The van der Waals surface area contributed by atoms with Gasteiger partial charge in [-0.1, -0.05) is 29.8 Å². The van der Waals surface area contributed by atoms with Gasteiger partial charge in [-0.05, 0) is 37.5 Å². The van der Waals surface area contributed by atoms with E-state index in [1.165, 1.54) is 0 Å². The average Bonchev–Trinajstić information content (AvgIpc) is 2.49. The van der Waals surface area contributed by atoms with Gasteiger partial charge >= 0.3 is 0 Å². The first-order chi connectivity index (χ1) is 10.9. The zero-order chi connectivity index (χ0) is 17.4. The summed E-state index contributed by atoms with van der Waals surface area (Å²) in [6.07, 6.45) is 2.23. The highest BCUT2D eigenvalue weighted by Gasteiger charge is 2.14. The van der Waals surface area contributed by atoms with E-state index >= 15 is 0 Å². The van der Waals surface area contributed by atoms with Gasteiger partial charge < -0.3 is 16.0 Å². The van der Waals surface area contributed by atoms with Crippen molar-refractivity contribution in [2.24, 2.45) is 0 Å². The molecule has 0 spiro atoms. The first kappa shape index (κ1) is 22.7. The Labute approximate surface area is 158 Å². The van der Waals surface area contributed by atoms with E-state index < -0.39 is 0 Å². The third-order valence-corrected chi connectivity index (χ3v) is 3.99. The number of anilines is 2. The Balaban J connectivity index is 0.00000529. The lowest BCUT2D eigenvalue weighted by Gasteiger charge is -2.21. The van der Waals surface area contributed by atoms with Crippen molar-refractivity contribution in [2.45, 2.75) is 46.5 Å². The predicted octanol–water partition coefficient (Wildman–Crippen LogP) is 4.13. The number of carbonyl (C=O) groups excluding carboxylic acids is 2. The number of benzene rings is 1. The van der Waals surface area contributed by atoms with E-state index in [-0.39, 0.29) is 37.1 Å². The minimum atomic E-state index is -0.199. The summed E-state index contributed by atoms with van der Waals surface area (Å²) in [5.74, 6) is -0.169. The lowest BCUT2D eigenvalue weighted by atomic mass is 10.1. The Morgan fingerprint density at radius 1 is 1.17 bits per heavy atom. The Bertz CT molecular complexity index is 561. The van der Waals surface area contributed by atoms with Gasteiger partial charge in [-0.2, -0.15) is 0 Å². The molecule has 0 aliphatic heterocycles. The van der Waals surface area contributed by atoms with Gasteiger partial charge in [-0.15, -0.1) is 12.4 Å². The summed E-state index contributed by atoms with van der Waals surface area (Å²) in [6.45, 7) is 7.45. The minimum absolute atomic E-state index is 0. The fourth-order valence-corrected chi connectivity index (χ4v) is 2.92. The Kier molecular flexibility index (Phi) is 10.7. The highest BCUT2D eigenvalue weighted by Crippen LogP contribution is 2.27. The molecule has 136 valence electrons. The van der Waals surface area contributed by atoms with E-state index in [0.717, 1.165) is 36.0 Å². The second kappa shape index (κ2) is 11.3. The minimum Gasteiger partial charge on any atom is -0.397 e. The number of nitrogens with one attached hydrogen (secondary N) is 1. The van der Waals surface area contributed by atoms with Crippen LogP contribution >= 0.6 is 28.3 Å². The van der Waals surface area contributed by atoms with Gasteiger partial charge in [0, 0.05) is 30.4 Å². The molecule has 0 aliphatic carbocycles. The van der Waals surface area contributed by atoms with Crippen LogP contribution in [0.5, 0.6) is 0 Å². The average molecular weight is 421 g/mol. The molecule has 0 heterocycles. The lowest BCUT2D eigenvalue weighted by Crippen LogP contribution is -2.33. The number of aryl methyl sites for hydroxylation is 1. The normalized spacial score (nSPS) is 10.0. The molecule has 0 saturated heterocycles. The quantitative estimate of drug-likeness (QED) is 0.621. The van der Waals surface area contributed by atoms with E-state index in [1.54, 1.807) is 6.07 Å². The van der Waals surface area contributed by atoms with E-state index in [1.807, 2.05) is 31.7 Å². The number of carbonyl (C=O) groups is 2. The zero-order valence-electron chi connectivity index (χ0n) is 14.5. The first-order valence-corrected chi connectivity index (χ1v) is 8.81. The number of halogens is 2. The third-order valence-electron chi connectivity index (χ3n) is 3.53. The zero-order valence-corrected chi connectivity index (χ0v) is 16.9. The summed E-state index contributed by atoms with van der Waals surface area (Å²) in [5.41, 5.74) is 7.99. The molecular formula is C17H27BrClN3O2. The smallest absolute Gasteiger partial charge is 0.224 e. The third kappa shape index (κ3) is 7.09. The van der Waals surface area contributed by atoms with Crippen LogP contribution in [0.15, 0.2) is 16.6 Å². The van der Waals surface area contributed by atoms with Gasteiger partial charge in [0.05, 0.1) is 11.4 Å². The molecule has 0 unspecified atom stereocenters. The summed E-state index contributed by atoms with van der Waals surface area (Å²) in [5, 5.41) is 2.79. The summed E-state index contributed by atoms with van der Waals surface area (Å²) < 4.78 is 0.854. The van der Waals surface area contributed by atoms with Crippen molar-refractivity contribution >= 4 is 51.5 Å². The highest BCUT2D eigenvalue weighted by molar-refractivity contribution is 9.10. The molecule has 1 aromatic carbocycles. The molecule has 0 saturated carbocycles. The molecule has 0 aromatic heterocycles. The number of nitrogens with two attached hydrogens (primary N) is 1. The second-order valence-electron chi connectivity index (χ2n) is 5.61. The van der Waals surface area contributed by atoms with Gasteiger partial charge in [-0.25, -0.2) is 0 Å².